The normalized spacial score (nSPS) is 22.4. The van der Waals surface area contributed by atoms with E-state index in [-0.39, 0.29) is 5.92 Å². The number of carbonyl (C=O) groups is 1. The highest BCUT2D eigenvalue weighted by atomic mass is 16.5. The molecule has 0 bridgehead atoms. The van der Waals surface area contributed by atoms with Gasteiger partial charge in [-0.2, -0.15) is 0 Å². The lowest BCUT2D eigenvalue weighted by Crippen LogP contribution is -2.01. The molecule has 0 saturated heterocycles. The van der Waals surface area contributed by atoms with Crippen molar-refractivity contribution in [1.82, 2.24) is 0 Å². The van der Waals surface area contributed by atoms with Crippen molar-refractivity contribution in [2.24, 2.45) is 11.8 Å². The third-order valence-electron chi connectivity index (χ3n) is 3.21. The lowest BCUT2D eigenvalue weighted by atomic mass is 10.2. The first-order valence-corrected chi connectivity index (χ1v) is 6.12. The molecule has 2 unspecified atom stereocenters. The Labute approximate surface area is 101 Å². The van der Waals surface area contributed by atoms with Gasteiger partial charge in [0.1, 0.15) is 0 Å². The van der Waals surface area contributed by atoms with Crippen molar-refractivity contribution in [2.75, 3.05) is 6.61 Å². The van der Waals surface area contributed by atoms with Crippen LogP contribution in [0.3, 0.4) is 0 Å². The second-order valence-corrected chi connectivity index (χ2v) is 4.62. The van der Waals surface area contributed by atoms with Gasteiger partial charge in [0, 0.05) is 6.61 Å². The summed E-state index contributed by atoms with van der Waals surface area (Å²) < 4.78 is 5.55. The Morgan fingerprint density at radius 3 is 2.76 bits per heavy atom. The summed E-state index contributed by atoms with van der Waals surface area (Å²) in [5.74, 6) is -0.322. The first-order valence-electron chi connectivity index (χ1n) is 6.12. The molecule has 0 aliphatic heterocycles. The second-order valence-electron chi connectivity index (χ2n) is 4.62. The molecule has 3 nitrogen and oxygen atoms in total. The van der Waals surface area contributed by atoms with Gasteiger partial charge in [0.25, 0.3) is 0 Å². The molecule has 1 N–H and O–H groups in total. The Bertz CT molecular complexity index is 361. The summed E-state index contributed by atoms with van der Waals surface area (Å²) in [5, 5.41) is 8.74. The molecule has 1 aromatic carbocycles. The van der Waals surface area contributed by atoms with Gasteiger partial charge in [0.15, 0.2) is 0 Å². The number of ether oxygens (including phenoxy) is 1. The summed E-state index contributed by atoms with van der Waals surface area (Å²) >= 11 is 0. The van der Waals surface area contributed by atoms with Gasteiger partial charge in [-0.05, 0) is 30.7 Å². The highest BCUT2D eigenvalue weighted by Gasteiger charge is 2.42. The van der Waals surface area contributed by atoms with E-state index in [0.717, 1.165) is 25.9 Å². The number of hydrogen-bond donors (Lipinski definition) is 1. The molecule has 17 heavy (non-hydrogen) atoms. The van der Waals surface area contributed by atoms with Crippen LogP contribution >= 0.6 is 0 Å². The van der Waals surface area contributed by atoms with Gasteiger partial charge >= 0.3 is 5.97 Å². The van der Waals surface area contributed by atoms with E-state index in [1.165, 1.54) is 5.56 Å². The molecule has 1 aliphatic carbocycles. The number of aliphatic carboxylic acids is 1. The van der Waals surface area contributed by atoms with Crippen molar-refractivity contribution in [2.45, 2.75) is 25.9 Å². The summed E-state index contributed by atoms with van der Waals surface area (Å²) in [7, 11) is 0. The lowest BCUT2D eigenvalue weighted by Gasteiger charge is -2.03. The third-order valence-corrected chi connectivity index (χ3v) is 3.21. The maximum absolute atomic E-state index is 10.6. The second kappa shape index (κ2) is 5.82. The Balaban J connectivity index is 1.52. The number of carboxylic acids is 1. The van der Waals surface area contributed by atoms with Crippen LogP contribution in [0.4, 0.5) is 0 Å². The minimum Gasteiger partial charge on any atom is -0.481 e. The molecule has 0 aromatic heterocycles. The van der Waals surface area contributed by atoms with Crippen LogP contribution in [0.1, 0.15) is 24.8 Å². The van der Waals surface area contributed by atoms with Gasteiger partial charge in [0.2, 0.25) is 0 Å². The van der Waals surface area contributed by atoms with E-state index in [0.29, 0.717) is 12.5 Å². The number of carboxylic acid groups (broad SMARTS) is 1. The molecule has 0 heterocycles. The summed E-state index contributed by atoms with van der Waals surface area (Å²) in [5.41, 5.74) is 1.18. The molecular formula is C14H18O3. The van der Waals surface area contributed by atoms with Crippen LogP contribution < -0.4 is 0 Å². The summed E-state index contributed by atoms with van der Waals surface area (Å²) in [6.07, 6.45) is 2.79. The third kappa shape index (κ3) is 3.86. The predicted octanol–water partition coefficient (Wildman–Crippen LogP) is 2.70. The molecule has 2 atom stereocenters. The maximum atomic E-state index is 10.6. The highest BCUT2D eigenvalue weighted by molar-refractivity contribution is 5.73. The predicted molar refractivity (Wildman–Crippen MR) is 64.6 cm³/mol. The largest absolute Gasteiger partial charge is 0.481 e. The molecule has 3 heteroatoms. The summed E-state index contributed by atoms with van der Waals surface area (Å²) in [6, 6.07) is 10.1. The van der Waals surface area contributed by atoms with E-state index in [9.17, 15) is 4.79 Å². The molecule has 1 saturated carbocycles. The molecule has 2 rings (SSSR count). The van der Waals surface area contributed by atoms with Crippen LogP contribution in [0.15, 0.2) is 30.3 Å². The molecular weight excluding hydrogens is 216 g/mol. The van der Waals surface area contributed by atoms with Crippen molar-refractivity contribution < 1.29 is 14.6 Å². The first kappa shape index (κ1) is 12.1. The minimum atomic E-state index is -0.639. The van der Waals surface area contributed by atoms with Gasteiger partial charge < -0.3 is 9.84 Å². The van der Waals surface area contributed by atoms with Gasteiger partial charge in [-0.25, -0.2) is 0 Å². The van der Waals surface area contributed by atoms with E-state index in [4.69, 9.17) is 9.84 Å². The summed E-state index contributed by atoms with van der Waals surface area (Å²) in [4.78, 5) is 10.6. The topological polar surface area (TPSA) is 46.5 Å². The van der Waals surface area contributed by atoms with Gasteiger partial charge in [-0.15, -0.1) is 0 Å². The smallest absolute Gasteiger partial charge is 0.306 e. The zero-order valence-corrected chi connectivity index (χ0v) is 9.84. The number of hydrogen-bond acceptors (Lipinski definition) is 2. The van der Waals surface area contributed by atoms with Crippen LogP contribution in [0.25, 0.3) is 0 Å². The van der Waals surface area contributed by atoms with Crippen LogP contribution in [0.2, 0.25) is 0 Å². The van der Waals surface area contributed by atoms with E-state index < -0.39 is 5.97 Å². The van der Waals surface area contributed by atoms with Gasteiger partial charge in [-0.3, -0.25) is 4.79 Å². The zero-order chi connectivity index (χ0) is 12.1. The average molecular weight is 234 g/mol. The standard InChI is InChI=1S/C14H18O3/c15-14(16)13-9-12(13)7-4-8-17-10-11-5-2-1-3-6-11/h1-3,5-6,12-13H,4,7-10H2,(H,15,16). The van der Waals surface area contributed by atoms with E-state index in [1.807, 2.05) is 30.3 Å². The zero-order valence-electron chi connectivity index (χ0n) is 9.84. The van der Waals surface area contributed by atoms with Crippen molar-refractivity contribution in [3.05, 3.63) is 35.9 Å². The fraction of sp³-hybridized carbons (Fsp3) is 0.500. The SMILES string of the molecule is O=C(O)C1CC1CCCOCc1ccccc1. The van der Waals surface area contributed by atoms with Crippen LogP contribution in [-0.2, 0) is 16.1 Å². The van der Waals surface area contributed by atoms with Crippen molar-refractivity contribution in [3.63, 3.8) is 0 Å². The Kier molecular flexibility index (Phi) is 4.15. The highest BCUT2D eigenvalue weighted by Crippen LogP contribution is 2.41. The molecule has 1 fully saturated rings. The average Bonchev–Trinajstić information content (AvgIpc) is 3.10. The van der Waals surface area contributed by atoms with Crippen molar-refractivity contribution in [1.29, 1.82) is 0 Å². The Morgan fingerprint density at radius 2 is 2.12 bits per heavy atom. The fourth-order valence-corrected chi connectivity index (χ4v) is 2.08. The van der Waals surface area contributed by atoms with E-state index >= 15 is 0 Å². The first-order chi connectivity index (χ1) is 8.27. The molecule has 0 spiro atoms. The Hall–Kier alpha value is -1.35. The van der Waals surface area contributed by atoms with E-state index in [2.05, 4.69) is 0 Å². The van der Waals surface area contributed by atoms with Crippen molar-refractivity contribution in [3.8, 4) is 0 Å². The lowest BCUT2D eigenvalue weighted by molar-refractivity contribution is -0.138. The fourth-order valence-electron chi connectivity index (χ4n) is 2.08. The molecule has 92 valence electrons. The summed E-state index contributed by atoms with van der Waals surface area (Å²) in [6.45, 7) is 1.37. The maximum Gasteiger partial charge on any atom is 0.306 e. The number of benzene rings is 1. The van der Waals surface area contributed by atoms with Crippen LogP contribution in [-0.4, -0.2) is 17.7 Å². The molecule has 0 amide bonds. The van der Waals surface area contributed by atoms with Crippen molar-refractivity contribution >= 4 is 5.97 Å². The number of rotatable bonds is 7. The van der Waals surface area contributed by atoms with Gasteiger partial charge in [-0.1, -0.05) is 30.3 Å². The monoisotopic (exact) mass is 234 g/mol. The molecule has 1 aliphatic rings. The van der Waals surface area contributed by atoms with E-state index in [1.54, 1.807) is 0 Å². The molecule has 1 aromatic rings. The van der Waals surface area contributed by atoms with Crippen LogP contribution in [0.5, 0.6) is 0 Å². The minimum absolute atomic E-state index is 0.0795. The Morgan fingerprint density at radius 1 is 1.35 bits per heavy atom. The molecule has 0 radical (unpaired) electrons. The van der Waals surface area contributed by atoms with Gasteiger partial charge in [0.05, 0.1) is 12.5 Å². The quantitative estimate of drug-likeness (QED) is 0.738. The van der Waals surface area contributed by atoms with Crippen LogP contribution in [0, 0.1) is 11.8 Å².